The van der Waals surface area contributed by atoms with E-state index in [0.717, 1.165) is 12.1 Å². The quantitative estimate of drug-likeness (QED) is 0.676. The summed E-state index contributed by atoms with van der Waals surface area (Å²) < 4.78 is 6.65. The summed E-state index contributed by atoms with van der Waals surface area (Å²) in [6, 6.07) is 7.05. The molecule has 1 fully saturated rings. The third-order valence-electron chi connectivity index (χ3n) is 3.92. The number of carbonyl (C=O) groups excluding carboxylic acids is 2. The average molecular weight is 373 g/mol. The molecule has 2 N–H and O–H groups in total. The number of benzene rings is 1. The fourth-order valence-corrected chi connectivity index (χ4v) is 2.69. The number of aromatic nitrogens is 3. The van der Waals surface area contributed by atoms with Crippen molar-refractivity contribution in [2.45, 2.75) is 25.9 Å². The van der Waals surface area contributed by atoms with Gasteiger partial charge in [0.1, 0.15) is 18.0 Å². The van der Waals surface area contributed by atoms with Crippen molar-refractivity contribution in [1.29, 1.82) is 0 Å². The van der Waals surface area contributed by atoms with E-state index in [0.29, 0.717) is 24.4 Å². The minimum atomic E-state index is -1.03. The first-order chi connectivity index (χ1) is 13.0. The van der Waals surface area contributed by atoms with E-state index >= 15 is 0 Å². The molecule has 0 bridgehead atoms. The van der Waals surface area contributed by atoms with Gasteiger partial charge >= 0.3 is 5.97 Å². The van der Waals surface area contributed by atoms with Gasteiger partial charge in [0, 0.05) is 24.7 Å². The van der Waals surface area contributed by atoms with Gasteiger partial charge in [-0.3, -0.25) is 14.4 Å². The molecular weight excluding hydrogens is 354 g/mol. The highest BCUT2D eigenvalue weighted by Crippen LogP contribution is 2.25. The number of hydrogen-bond donors (Lipinski definition) is 2. The van der Waals surface area contributed by atoms with Crippen molar-refractivity contribution >= 4 is 23.5 Å². The van der Waals surface area contributed by atoms with E-state index in [2.05, 4.69) is 15.6 Å². The predicted octanol–water partition coefficient (Wildman–Crippen LogP) is 0.185. The number of anilines is 1. The topological polar surface area (TPSA) is 127 Å². The predicted molar refractivity (Wildman–Crippen MR) is 93.0 cm³/mol. The van der Waals surface area contributed by atoms with Crippen molar-refractivity contribution in [3.05, 3.63) is 36.2 Å². The third-order valence-corrected chi connectivity index (χ3v) is 3.92. The Bertz CT molecular complexity index is 850. The number of ether oxygens (including phenoxy) is 1. The largest absolute Gasteiger partial charge is 0.484 e. The molecule has 10 nitrogen and oxygen atoms in total. The molecule has 2 amide bonds. The van der Waals surface area contributed by atoms with Gasteiger partial charge < -0.3 is 20.1 Å². The van der Waals surface area contributed by atoms with E-state index < -0.39 is 5.97 Å². The van der Waals surface area contributed by atoms with Crippen LogP contribution >= 0.6 is 0 Å². The summed E-state index contributed by atoms with van der Waals surface area (Å²) in [5.74, 6) is -0.803. The molecule has 1 aliphatic rings. The van der Waals surface area contributed by atoms with Crippen LogP contribution in [0.3, 0.4) is 0 Å². The lowest BCUT2D eigenvalue weighted by atomic mass is 10.3. The summed E-state index contributed by atoms with van der Waals surface area (Å²) >= 11 is 0. The van der Waals surface area contributed by atoms with Crippen LogP contribution in [0.2, 0.25) is 0 Å². The van der Waals surface area contributed by atoms with Gasteiger partial charge in [0.15, 0.2) is 6.61 Å². The molecule has 1 aromatic heterocycles. The van der Waals surface area contributed by atoms with Crippen molar-refractivity contribution in [2.75, 3.05) is 18.1 Å². The molecule has 0 radical (unpaired) electrons. The molecule has 1 aromatic carbocycles. The van der Waals surface area contributed by atoms with Gasteiger partial charge in [0.05, 0.1) is 12.7 Å². The Kier molecular flexibility index (Phi) is 5.64. The maximum absolute atomic E-state index is 11.9. The van der Waals surface area contributed by atoms with Gasteiger partial charge in [-0.2, -0.15) is 0 Å². The number of rotatable bonds is 8. The fraction of sp³-hybridized carbons (Fsp3) is 0.353. The number of carbonyl (C=O) groups is 3. The van der Waals surface area contributed by atoms with E-state index in [1.807, 2.05) is 6.07 Å². The van der Waals surface area contributed by atoms with E-state index in [4.69, 9.17) is 9.84 Å². The number of nitrogens with zero attached hydrogens (tertiary/aromatic N) is 4. The highest BCUT2D eigenvalue weighted by atomic mass is 16.5. The molecular formula is C17H19N5O5. The highest BCUT2D eigenvalue weighted by molar-refractivity contribution is 5.95. The Morgan fingerprint density at radius 3 is 2.93 bits per heavy atom. The molecule has 1 saturated heterocycles. The van der Waals surface area contributed by atoms with Crippen LogP contribution in [0.25, 0.3) is 0 Å². The van der Waals surface area contributed by atoms with Gasteiger partial charge in [-0.1, -0.05) is 11.3 Å². The molecule has 0 unspecified atom stereocenters. The first-order valence-corrected chi connectivity index (χ1v) is 8.42. The smallest absolute Gasteiger partial charge is 0.325 e. The van der Waals surface area contributed by atoms with Crippen LogP contribution in [0.4, 0.5) is 5.69 Å². The van der Waals surface area contributed by atoms with E-state index in [-0.39, 0.29) is 31.5 Å². The zero-order valence-corrected chi connectivity index (χ0v) is 14.5. The van der Waals surface area contributed by atoms with Crippen LogP contribution in [-0.4, -0.2) is 51.0 Å². The van der Waals surface area contributed by atoms with Crippen LogP contribution in [-0.2, 0) is 27.5 Å². The summed E-state index contributed by atoms with van der Waals surface area (Å²) in [5.41, 5.74) is 1.20. The lowest BCUT2D eigenvalue weighted by Crippen LogP contribution is -2.28. The van der Waals surface area contributed by atoms with Gasteiger partial charge in [0.2, 0.25) is 5.91 Å². The average Bonchev–Trinajstić information content (AvgIpc) is 3.26. The number of nitrogens with one attached hydrogen (secondary N) is 1. The molecule has 142 valence electrons. The van der Waals surface area contributed by atoms with Crippen molar-refractivity contribution < 1.29 is 24.2 Å². The number of aliphatic carboxylic acids is 1. The number of carboxylic acids is 1. The van der Waals surface area contributed by atoms with Crippen molar-refractivity contribution in [3.63, 3.8) is 0 Å². The minimum Gasteiger partial charge on any atom is -0.484 e. The number of amides is 2. The molecule has 27 heavy (non-hydrogen) atoms. The minimum absolute atomic E-state index is 0.0841. The third kappa shape index (κ3) is 5.03. The second-order valence-corrected chi connectivity index (χ2v) is 6.01. The summed E-state index contributed by atoms with van der Waals surface area (Å²) in [4.78, 5) is 36.0. The van der Waals surface area contributed by atoms with E-state index in [1.54, 1.807) is 23.1 Å². The second-order valence-electron chi connectivity index (χ2n) is 6.01. The summed E-state index contributed by atoms with van der Waals surface area (Å²) in [6.45, 7) is 0.316. The molecule has 1 aliphatic heterocycles. The van der Waals surface area contributed by atoms with Crippen molar-refractivity contribution in [2.24, 2.45) is 0 Å². The molecule has 2 heterocycles. The summed E-state index contributed by atoms with van der Waals surface area (Å²) in [6.07, 6.45) is 2.83. The Hall–Kier alpha value is -3.43. The van der Waals surface area contributed by atoms with Gasteiger partial charge in [-0.25, -0.2) is 4.68 Å². The summed E-state index contributed by atoms with van der Waals surface area (Å²) in [5, 5.41) is 18.7. The zero-order valence-electron chi connectivity index (χ0n) is 14.5. The lowest BCUT2D eigenvalue weighted by molar-refractivity contribution is -0.138. The Labute approximate surface area is 154 Å². The number of hydrogen-bond acceptors (Lipinski definition) is 6. The molecule has 10 heteroatoms. The van der Waals surface area contributed by atoms with Crippen LogP contribution in [0, 0.1) is 0 Å². The maximum atomic E-state index is 11.9. The van der Waals surface area contributed by atoms with Crippen molar-refractivity contribution in [3.8, 4) is 5.75 Å². The van der Waals surface area contributed by atoms with Crippen molar-refractivity contribution in [1.82, 2.24) is 20.3 Å². The first kappa shape index (κ1) is 18.4. The molecule has 0 saturated carbocycles. The Balaban J connectivity index is 1.47. The first-order valence-electron chi connectivity index (χ1n) is 8.42. The highest BCUT2D eigenvalue weighted by Gasteiger charge is 2.21. The van der Waals surface area contributed by atoms with E-state index in [1.165, 1.54) is 10.9 Å². The number of carboxylic acid groups (broad SMARTS) is 1. The molecule has 2 aromatic rings. The standard InChI is InChI=1S/C17H19N5O5/c23-15(18-8-12-9-21(20-19-12)10-17(25)26)11-27-14-4-1-3-13(7-14)22-6-2-5-16(22)24/h1,3-4,7,9H,2,5-6,8,10-11H2,(H,18,23)(H,25,26). The zero-order chi connectivity index (χ0) is 19.2. The SMILES string of the molecule is O=C(O)Cn1cc(CNC(=O)COc2cccc(N3CCCC3=O)c2)nn1. The second kappa shape index (κ2) is 8.30. The van der Waals surface area contributed by atoms with E-state index in [9.17, 15) is 14.4 Å². The molecule has 3 rings (SSSR count). The van der Waals surface area contributed by atoms with Gasteiger partial charge in [0.25, 0.3) is 5.91 Å². The fourth-order valence-electron chi connectivity index (χ4n) is 2.69. The normalized spacial score (nSPS) is 13.6. The monoisotopic (exact) mass is 373 g/mol. The molecule has 0 spiro atoms. The van der Waals surface area contributed by atoms with Gasteiger partial charge in [-0.05, 0) is 18.6 Å². The lowest BCUT2D eigenvalue weighted by Gasteiger charge is -2.16. The Morgan fingerprint density at radius 2 is 2.19 bits per heavy atom. The molecule has 0 aliphatic carbocycles. The van der Waals surface area contributed by atoms with Crippen LogP contribution in [0.1, 0.15) is 18.5 Å². The van der Waals surface area contributed by atoms with Gasteiger partial charge in [-0.15, -0.1) is 5.10 Å². The summed E-state index contributed by atoms with van der Waals surface area (Å²) in [7, 11) is 0. The van der Waals surface area contributed by atoms with Crippen LogP contribution in [0.15, 0.2) is 30.5 Å². The van der Waals surface area contributed by atoms with Crippen LogP contribution < -0.4 is 15.0 Å². The van der Waals surface area contributed by atoms with Crippen LogP contribution in [0.5, 0.6) is 5.75 Å². The maximum Gasteiger partial charge on any atom is 0.325 e. The molecule has 0 atom stereocenters. The Morgan fingerprint density at radius 1 is 1.33 bits per heavy atom.